The largest absolute Gasteiger partial charge is 0.445 e. The minimum Gasteiger partial charge on any atom is -0.445 e. The van der Waals surface area contributed by atoms with Crippen molar-refractivity contribution in [2.75, 3.05) is 0 Å². The Bertz CT molecular complexity index is 494. The van der Waals surface area contributed by atoms with E-state index in [1.54, 1.807) is 6.20 Å². The van der Waals surface area contributed by atoms with Crippen LogP contribution in [0, 0.1) is 0 Å². The number of hydrogen-bond acceptors (Lipinski definition) is 3. The lowest BCUT2D eigenvalue weighted by Gasteiger charge is -2.00. The lowest BCUT2D eigenvalue weighted by molar-refractivity contribution is 0.452. The Kier molecular flexibility index (Phi) is 3.82. The smallest absolute Gasteiger partial charge is 0.198 e. The van der Waals surface area contributed by atoms with E-state index in [1.165, 1.54) is 0 Å². The van der Waals surface area contributed by atoms with Crippen molar-refractivity contribution in [2.24, 2.45) is 5.73 Å². The van der Waals surface area contributed by atoms with Gasteiger partial charge in [0, 0.05) is 23.9 Å². The molecule has 0 spiro atoms. The van der Waals surface area contributed by atoms with Crippen molar-refractivity contribution in [2.45, 2.75) is 25.8 Å². The Morgan fingerprint density at radius 1 is 1.47 bits per heavy atom. The van der Waals surface area contributed by atoms with Crippen molar-refractivity contribution in [1.82, 2.24) is 4.98 Å². The van der Waals surface area contributed by atoms with E-state index < -0.39 is 0 Å². The number of oxazole rings is 1. The monoisotopic (exact) mass is 250 g/mol. The highest BCUT2D eigenvalue weighted by molar-refractivity contribution is 6.30. The lowest BCUT2D eigenvalue weighted by Crippen LogP contribution is -2.17. The van der Waals surface area contributed by atoms with Crippen molar-refractivity contribution in [3.05, 3.63) is 52.7 Å². The summed E-state index contributed by atoms with van der Waals surface area (Å²) in [4.78, 5) is 4.23. The predicted molar refractivity (Wildman–Crippen MR) is 68.1 cm³/mol. The maximum atomic E-state index is 5.92. The fourth-order valence-electron chi connectivity index (χ4n) is 1.66. The number of nitrogens with zero attached hydrogens (tertiary/aromatic N) is 1. The Balaban J connectivity index is 2.06. The summed E-state index contributed by atoms with van der Waals surface area (Å²) in [5, 5.41) is 0.727. The molecule has 1 atom stereocenters. The van der Waals surface area contributed by atoms with Crippen LogP contribution in [-0.2, 0) is 12.8 Å². The van der Waals surface area contributed by atoms with Gasteiger partial charge in [0.25, 0.3) is 0 Å². The van der Waals surface area contributed by atoms with E-state index in [0.29, 0.717) is 18.7 Å². The summed E-state index contributed by atoms with van der Waals surface area (Å²) < 4.78 is 5.60. The first-order valence-electron chi connectivity index (χ1n) is 5.57. The van der Waals surface area contributed by atoms with Gasteiger partial charge in [0.15, 0.2) is 5.89 Å². The number of rotatable bonds is 4. The van der Waals surface area contributed by atoms with Gasteiger partial charge >= 0.3 is 0 Å². The first-order valence-corrected chi connectivity index (χ1v) is 5.95. The number of nitrogens with two attached hydrogens (primary N) is 1. The zero-order chi connectivity index (χ0) is 12.3. The molecular formula is C13H15ClN2O. The minimum absolute atomic E-state index is 0.0852. The van der Waals surface area contributed by atoms with E-state index in [4.69, 9.17) is 21.8 Å². The highest BCUT2D eigenvalue weighted by Gasteiger charge is 2.07. The third-order valence-corrected chi connectivity index (χ3v) is 2.60. The number of halogens is 1. The summed E-state index contributed by atoms with van der Waals surface area (Å²) in [6, 6.07) is 7.77. The molecule has 2 aromatic rings. The Morgan fingerprint density at radius 2 is 2.29 bits per heavy atom. The zero-order valence-corrected chi connectivity index (χ0v) is 10.4. The molecule has 90 valence electrons. The molecule has 0 aliphatic carbocycles. The maximum Gasteiger partial charge on any atom is 0.198 e. The van der Waals surface area contributed by atoms with Crippen LogP contribution in [0.5, 0.6) is 0 Å². The molecule has 0 saturated carbocycles. The number of aromatic nitrogens is 1. The Morgan fingerprint density at radius 3 is 3.00 bits per heavy atom. The van der Waals surface area contributed by atoms with Crippen LogP contribution in [0.4, 0.5) is 0 Å². The SMILES string of the molecule is CC(N)Cc1cnc(Cc2cccc(Cl)c2)o1. The van der Waals surface area contributed by atoms with Gasteiger partial charge in [-0.2, -0.15) is 0 Å². The van der Waals surface area contributed by atoms with Crippen LogP contribution in [0.2, 0.25) is 5.02 Å². The number of hydrogen-bond donors (Lipinski definition) is 1. The van der Waals surface area contributed by atoms with Gasteiger partial charge in [0.1, 0.15) is 5.76 Å². The van der Waals surface area contributed by atoms with Gasteiger partial charge in [0.2, 0.25) is 0 Å². The normalized spacial score (nSPS) is 12.6. The van der Waals surface area contributed by atoms with E-state index in [0.717, 1.165) is 16.3 Å². The third-order valence-electron chi connectivity index (χ3n) is 2.37. The van der Waals surface area contributed by atoms with Gasteiger partial charge in [-0.15, -0.1) is 0 Å². The second-order valence-corrected chi connectivity index (χ2v) is 4.64. The first-order chi connectivity index (χ1) is 8.13. The van der Waals surface area contributed by atoms with E-state index in [1.807, 2.05) is 31.2 Å². The van der Waals surface area contributed by atoms with Gasteiger partial charge in [-0.05, 0) is 24.6 Å². The van der Waals surface area contributed by atoms with Gasteiger partial charge in [-0.3, -0.25) is 0 Å². The molecule has 1 aromatic carbocycles. The van der Waals surface area contributed by atoms with Gasteiger partial charge in [-0.25, -0.2) is 4.98 Å². The summed E-state index contributed by atoms with van der Waals surface area (Å²) in [7, 11) is 0. The van der Waals surface area contributed by atoms with Gasteiger partial charge in [-0.1, -0.05) is 23.7 Å². The molecule has 0 amide bonds. The molecule has 1 unspecified atom stereocenters. The summed E-state index contributed by atoms with van der Waals surface area (Å²) in [5.41, 5.74) is 6.79. The molecule has 4 heteroatoms. The average Bonchev–Trinajstić information content (AvgIpc) is 2.64. The van der Waals surface area contributed by atoms with Crippen molar-refractivity contribution >= 4 is 11.6 Å². The second kappa shape index (κ2) is 5.34. The van der Waals surface area contributed by atoms with Crippen LogP contribution in [0.15, 0.2) is 34.9 Å². The van der Waals surface area contributed by atoms with Crippen LogP contribution < -0.4 is 5.73 Å². The molecule has 0 aliphatic rings. The molecule has 0 bridgehead atoms. The Hall–Kier alpha value is -1.32. The fraction of sp³-hybridized carbons (Fsp3) is 0.308. The second-order valence-electron chi connectivity index (χ2n) is 4.21. The maximum absolute atomic E-state index is 5.92. The van der Waals surface area contributed by atoms with Crippen LogP contribution in [0.1, 0.15) is 24.1 Å². The van der Waals surface area contributed by atoms with Crippen LogP contribution in [0.3, 0.4) is 0 Å². The highest BCUT2D eigenvalue weighted by Crippen LogP contribution is 2.15. The standard InChI is InChI=1S/C13H15ClN2O/c1-9(15)5-12-8-16-13(17-12)7-10-3-2-4-11(14)6-10/h2-4,6,8-9H,5,7,15H2,1H3. The lowest BCUT2D eigenvalue weighted by atomic mass is 10.1. The van der Waals surface area contributed by atoms with Crippen LogP contribution >= 0.6 is 11.6 Å². The molecule has 2 rings (SSSR count). The summed E-state index contributed by atoms with van der Waals surface area (Å²) in [5.74, 6) is 1.53. The van der Waals surface area contributed by atoms with E-state index in [9.17, 15) is 0 Å². The van der Waals surface area contributed by atoms with Crippen molar-refractivity contribution in [3.63, 3.8) is 0 Å². The predicted octanol–water partition coefficient (Wildman–Crippen LogP) is 2.81. The Labute approximate surface area is 106 Å². The molecule has 0 radical (unpaired) electrons. The van der Waals surface area contributed by atoms with Crippen molar-refractivity contribution < 1.29 is 4.42 Å². The quantitative estimate of drug-likeness (QED) is 0.908. The summed E-state index contributed by atoms with van der Waals surface area (Å²) in [6.45, 7) is 1.94. The third kappa shape index (κ3) is 3.58. The molecular weight excluding hydrogens is 236 g/mol. The molecule has 0 saturated heterocycles. The van der Waals surface area contributed by atoms with Crippen molar-refractivity contribution in [3.8, 4) is 0 Å². The topological polar surface area (TPSA) is 52.0 Å². The molecule has 17 heavy (non-hydrogen) atoms. The summed E-state index contributed by atoms with van der Waals surface area (Å²) >= 11 is 5.92. The average molecular weight is 251 g/mol. The molecule has 1 aromatic heterocycles. The van der Waals surface area contributed by atoms with E-state index in [-0.39, 0.29) is 6.04 Å². The first kappa shape index (κ1) is 12.1. The highest BCUT2D eigenvalue weighted by atomic mass is 35.5. The van der Waals surface area contributed by atoms with Crippen molar-refractivity contribution in [1.29, 1.82) is 0 Å². The summed E-state index contributed by atoms with van der Waals surface area (Å²) in [6.07, 6.45) is 3.10. The van der Waals surface area contributed by atoms with Gasteiger partial charge < -0.3 is 10.2 Å². The molecule has 1 heterocycles. The fourth-order valence-corrected chi connectivity index (χ4v) is 1.88. The molecule has 0 aliphatic heterocycles. The molecule has 3 nitrogen and oxygen atoms in total. The van der Waals surface area contributed by atoms with Gasteiger partial charge in [0.05, 0.1) is 6.20 Å². The van der Waals surface area contributed by atoms with E-state index in [2.05, 4.69) is 4.98 Å². The van der Waals surface area contributed by atoms with Crippen LogP contribution in [0.25, 0.3) is 0 Å². The zero-order valence-electron chi connectivity index (χ0n) is 9.69. The van der Waals surface area contributed by atoms with Crippen LogP contribution in [-0.4, -0.2) is 11.0 Å². The minimum atomic E-state index is 0.0852. The molecule has 0 fully saturated rings. The number of benzene rings is 1. The van der Waals surface area contributed by atoms with E-state index >= 15 is 0 Å². The molecule has 2 N–H and O–H groups in total.